The fourth-order valence-electron chi connectivity index (χ4n) is 3.19. The number of aliphatic hydroxyl groups is 1. The summed E-state index contributed by atoms with van der Waals surface area (Å²) in [6.07, 6.45) is 0. The van der Waals surface area contributed by atoms with E-state index in [4.69, 9.17) is 0 Å². The molecular formula is C21H22N2O3. The third kappa shape index (κ3) is 3.68. The van der Waals surface area contributed by atoms with Gasteiger partial charge in [-0.15, -0.1) is 0 Å². The molecule has 3 aromatic rings. The van der Waals surface area contributed by atoms with Gasteiger partial charge in [0.15, 0.2) is 0 Å². The van der Waals surface area contributed by atoms with Crippen molar-refractivity contribution in [2.75, 3.05) is 13.2 Å². The van der Waals surface area contributed by atoms with E-state index in [2.05, 4.69) is 4.98 Å². The summed E-state index contributed by atoms with van der Waals surface area (Å²) in [7, 11) is 0. The van der Waals surface area contributed by atoms with Gasteiger partial charge in [-0.3, -0.25) is 9.59 Å². The lowest BCUT2D eigenvalue weighted by Crippen LogP contribution is -2.35. The molecule has 0 radical (unpaired) electrons. The van der Waals surface area contributed by atoms with E-state index in [-0.39, 0.29) is 31.2 Å². The Morgan fingerprint density at radius 3 is 2.54 bits per heavy atom. The van der Waals surface area contributed by atoms with Crippen molar-refractivity contribution >= 4 is 16.8 Å². The molecule has 0 saturated heterocycles. The first-order valence-corrected chi connectivity index (χ1v) is 8.58. The molecule has 0 saturated carbocycles. The Labute approximate surface area is 151 Å². The Bertz CT molecular complexity index is 993. The second kappa shape index (κ2) is 7.54. The zero-order valence-electron chi connectivity index (χ0n) is 15.0. The molecule has 5 nitrogen and oxygen atoms in total. The topological polar surface area (TPSA) is 73.4 Å². The molecule has 0 bridgehead atoms. The fourth-order valence-corrected chi connectivity index (χ4v) is 3.19. The van der Waals surface area contributed by atoms with Crippen LogP contribution in [0.2, 0.25) is 0 Å². The minimum absolute atomic E-state index is 0.145. The van der Waals surface area contributed by atoms with Gasteiger partial charge in [0.25, 0.3) is 11.5 Å². The van der Waals surface area contributed by atoms with Crippen molar-refractivity contribution in [3.05, 3.63) is 81.1 Å². The summed E-state index contributed by atoms with van der Waals surface area (Å²) in [6, 6.07) is 14.7. The first kappa shape index (κ1) is 17.9. The lowest BCUT2D eigenvalue weighted by molar-refractivity contribution is 0.0707. The number of nitrogens with zero attached hydrogens (tertiary/aromatic N) is 1. The van der Waals surface area contributed by atoms with Crippen LogP contribution in [0.25, 0.3) is 10.9 Å². The highest BCUT2D eigenvalue weighted by Gasteiger charge is 2.17. The Hall–Kier alpha value is -2.92. The number of pyridine rings is 1. The lowest BCUT2D eigenvalue weighted by atomic mass is 10.0. The second-order valence-corrected chi connectivity index (χ2v) is 6.49. The summed E-state index contributed by atoms with van der Waals surface area (Å²) in [5, 5.41) is 10.3. The van der Waals surface area contributed by atoms with Gasteiger partial charge < -0.3 is 15.0 Å². The number of aromatic amines is 1. The van der Waals surface area contributed by atoms with Gasteiger partial charge in [0.2, 0.25) is 0 Å². The van der Waals surface area contributed by atoms with Crippen LogP contribution in [0.4, 0.5) is 0 Å². The average molecular weight is 350 g/mol. The molecule has 0 unspecified atom stereocenters. The monoisotopic (exact) mass is 350 g/mol. The molecule has 0 fully saturated rings. The number of benzene rings is 2. The van der Waals surface area contributed by atoms with E-state index in [0.717, 1.165) is 22.0 Å². The Balaban J connectivity index is 1.98. The number of aromatic nitrogens is 1. The number of fused-ring (bicyclic) bond motifs is 1. The number of carbonyl (C=O) groups is 1. The number of hydrogen-bond donors (Lipinski definition) is 2. The summed E-state index contributed by atoms with van der Waals surface area (Å²) in [4.78, 5) is 29.7. The van der Waals surface area contributed by atoms with Crippen molar-refractivity contribution in [2.45, 2.75) is 20.4 Å². The summed E-state index contributed by atoms with van der Waals surface area (Å²) >= 11 is 0. The molecule has 2 aromatic carbocycles. The lowest BCUT2D eigenvalue weighted by Gasteiger charge is -2.22. The Morgan fingerprint density at radius 2 is 1.85 bits per heavy atom. The summed E-state index contributed by atoms with van der Waals surface area (Å²) in [5.74, 6) is -0.209. The first-order chi connectivity index (χ1) is 12.5. The average Bonchev–Trinajstić information content (AvgIpc) is 2.62. The maximum Gasteiger partial charge on any atom is 0.254 e. The molecule has 5 heteroatoms. The minimum Gasteiger partial charge on any atom is -0.395 e. The highest BCUT2D eigenvalue weighted by Crippen LogP contribution is 2.19. The molecule has 0 aliphatic rings. The van der Waals surface area contributed by atoms with Gasteiger partial charge in [-0.1, -0.05) is 29.8 Å². The number of rotatable bonds is 5. The molecule has 0 spiro atoms. The summed E-state index contributed by atoms with van der Waals surface area (Å²) in [6.45, 7) is 4.11. The van der Waals surface area contributed by atoms with Gasteiger partial charge in [0.05, 0.1) is 18.7 Å². The van der Waals surface area contributed by atoms with Crippen LogP contribution in [0.3, 0.4) is 0 Å². The van der Waals surface area contributed by atoms with Crippen LogP contribution in [0.5, 0.6) is 0 Å². The van der Waals surface area contributed by atoms with Crippen LogP contribution < -0.4 is 5.56 Å². The van der Waals surface area contributed by atoms with Crippen molar-refractivity contribution in [1.82, 2.24) is 9.88 Å². The SMILES string of the molecule is Cc1cc(C)c2[nH]c(=O)c(CN(CCO)C(=O)c3ccccc3)cc2c1. The Morgan fingerprint density at radius 1 is 1.12 bits per heavy atom. The molecule has 0 aliphatic carbocycles. The molecule has 1 aromatic heterocycles. The predicted octanol–water partition coefficient (Wildman–Crippen LogP) is 2.78. The normalized spacial score (nSPS) is 10.9. The number of carbonyl (C=O) groups excluding carboxylic acids is 1. The zero-order valence-corrected chi connectivity index (χ0v) is 15.0. The largest absolute Gasteiger partial charge is 0.395 e. The third-order valence-electron chi connectivity index (χ3n) is 4.41. The molecule has 2 N–H and O–H groups in total. The molecule has 0 atom stereocenters. The van der Waals surface area contributed by atoms with E-state index in [0.29, 0.717) is 11.1 Å². The van der Waals surface area contributed by atoms with E-state index >= 15 is 0 Å². The van der Waals surface area contributed by atoms with Gasteiger partial charge in [-0.05, 0) is 49.1 Å². The van der Waals surface area contributed by atoms with Crippen molar-refractivity contribution in [1.29, 1.82) is 0 Å². The smallest absolute Gasteiger partial charge is 0.254 e. The van der Waals surface area contributed by atoms with Crippen molar-refractivity contribution in [3.63, 3.8) is 0 Å². The molecule has 1 amide bonds. The molecule has 3 rings (SSSR count). The summed E-state index contributed by atoms with van der Waals surface area (Å²) < 4.78 is 0. The predicted molar refractivity (Wildman–Crippen MR) is 102 cm³/mol. The second-order valence-electron chi connectivity index (χ2n) is 6.49. The quantitative estimate of drug-likeness (QED) is 0.743. The van der Waals surface area contributed by atoms with E-state index in [9.17, 15) is 14.7 Å². The van der Waals surface area contributed by atoms with Gasteiger partial charge in [-0.25, -0.2) is 0 Å². The molecule has 26 heavy (non-hydrogen) atoms. The molecule has 134 valence electrons. The zero-order chi connectivity index (χ0) is 18.7. The maximum atomic E-state index is 12.7. The maximum absolute atomic E-state index is 12.7. The van der Waals surface area contributed by atoms with Crippen molar-refractivity contribution < 1.29 is 9.90 Å². The van der Waals surface area contributed by atoms with E-state index in [1.165, 1.54) is 4.90 Å². The fraction of sp³-hybridized carbons (Fsp3) is 0.238. The Kier molecular flexibility index (Phi) is 5.19. The molecule has 0 aliphatic heterocycles. The van der Waals surface area contributed by atoms with Crippen LogP contribution in [0.1, 0.15) is 27.0 Å². The van der Waals surface area contributed by atoms with Gasteiger partial charge in [0.1, 0.15) is 0 Å². The number of aryl methyl sites for hydroxylation is 2. The van der Waals surface area contributed by atoms with Crippen LogP contribution >= 0.6 is 0 Å². The standard InChI is InChI=1S/C21H22N2O3/c1-14-10-15(2)19-17(11-14)12-18(20(25)22-19)13-23(8-9-24)21(26)16-6-4-3-5-7-16/h3-7,10-12,24H,8-9,13H2,1-2H3,(H,22,25). The highest BCUT2D eigenvalue weighted by molar-refractivity contribution is 5.94. The van der Waals surface area contributed by atoms with Crippen LogP contribution in [0, 0.1) is 13.8 Å². The number of aliphatic hydroxyl groups excluding tert-OH is 1. The third-order valence-corrected chi connectivity index (χ3v) is 4.41. The van der Waals surface area contributed by atoms with Gasteiger partial charge >= 0.3 is 0 Å². The minimum atomic E-state index is -0.215. The van der Waals surface area contributed by atoms with E-state index in [1.807, 2.05) is 38.1 Å². The number of hydrogen-bond acceptors (Lipinski definition) is 3. The first-order valence-electron chi connectivity index (χ1n) is 8.58. The van der Waals surface area contributed by atoms with Crippen LogP contribution in [0.15, 0.2) is 53.3 Å². The van der Waals surface area contributed by atoms with Crippen molar-refractivity contribution in [2.24, 2.45) is 0 Å². The van der Waals surface area contributed by atoms with Gasteiger partial charge in [-0.2, -0.15) is 0 Å². The van der Waals surface area contributed by atoms with Crippen molar-refractivity contribution in [3.8, 4) is 0 Å². The number of nitrogens with one attached hydrogen (secondary N) is 1. The van der Waals surface area contributed by atoms with Gasteiger partial charge in [0, 0.05) is 17.7 Å². The molecule has 1 heterocycles. The number of amides is 1. The van der Waals surface area contributed by atoms with Crippen LogP contribution in [-0.4, -0.2) is 34.0 Å². The number of H-pyrrole nitrogens is 1. The molecular weight excluding hydrogens is 328 g/mol. The van der Waals surface area contributed by atoms with E-state index in [1.54, 1.807) is 24.3 Å². The van der Waals surface area contributed by atoms with E-state index < -0.39 is 0 Å². The summed E-state index contributed by atoms with van der Waals surface area (Å²) in [5.41, 5.74) is 3.75. The van der Waals surface area contributed by atoms with Crippen LogP contribution in [-0.2, 0) is 6.54 Å². The highest BCUT2D eigenvalue weighted by atomic mass is 16.3.